The number of amides is 1. The normalized spacial score (nSPS) is 14.6. The fraction of sp³-hybridized carbons (Fsp3) is 0.360. The monoisotopic (exact) mass is 476 g/mol. The van der Waals surface area contributed by atoms with E-state index in [-0.39, 0.29) is 12.1 Å². The van der Waals surface area contributed by atoms with Gasteiger partial charge in [-0.05, 0) is 57.2 Å². The molecule has 1 aliphatic rings. The van der Waals surface area contributed by atoms with Gasteiger partial charge in [-0.3, -0.25) is 4.90 Å². The Morgan fingerprint density at radius 2 is 2.00 bits per heavy atom. The van der Waals surface area contributed by atoms with Crippen LogP contribution < -0.4 is 14.5 Å². The highest BCUT2D eigenvalue weighted by Crippen LogP contribution is 2.27. The van der Waals surface area contributed by atoms with E-state index in [9.17, 15) is 9.90 Å². The molecule has 1 aliphatic heterocycles. The summed E-state index contributed by atoms with van der Waals surface area (Å²) >= 11 is 0. The Bertz CT molecular complexity index is 1320. The molecular formula is C25H28N6O4. The van der Waals surface area contributed by atoms with Gasteiger partial charge in [0.05, 0.1) is 11.7 Å². The zero-order valence-electron chi connectivity index (χ0n) is 20.0. The van der Waals surface area contributed by atoms with Crippen molar-refractivity contribution < 1.29 is 19.2 Å². The Kier molecular flexibility index (Phi) is 6.02. The molecule has 3 aromatic heterocycles. The van der Waals surface area contributed by atoms with Gasteiger partial charge in [0, 0.05) is 49.2 Å². The first kappa shape index (κ1) is 22.7. The number of rotatable bonds is 6. The lowest BCUT2D eigenvalue weighted by atomic mass is 10.1. The van der Waals surface area contributed by atoms with Gasteiger partial charge in [0.2, 0.25) is 0 Å². The van der Waals surface area contributed by atoms with Gasteiger partial charge in [0.15, 0.2) is 5.82 Å². The number of piperidine rings is 1. The van der Waals surface area contributed by atoms with E-state index in [1.165, 1.54) is 4.90 Å². The summed E-state index contributed by atoms with van der Waals surface area (Å²) in [5.41, 5.74) is 1.60. The maximum Gasteiger partial charge on any atom is 0.412 e. The van der Waals surface area contributed by atoms with Crippen molar-refractivity contribution >= 4 is 28.7 Å². The molecule has 1 amide bonds. The Morgan fingerprint density at radius 3 is 2.63 bits per heavy atom. The van der Waals surface area contributed by atoms with Gasteiger partial charge in [-0.1, -0.05) is 5.16 Å². The first-order valence-electron chi connectivity index (χ1n) is 11.7. The van der Waals surface area contributed by atoms with Crippen molar-refractivity contribution in [1.29, 1.82) is 0 Å². The van der Waals surface area contributed by atoms with Crippen LogP contribution in [0.4, 0.5) is 16.5 Å². The number of fused-ring (bicyclic) bond motifs is 1. The molecule has 0 radical (unpaired) electrons. The van der Waals surface area contributed by atoms with E-state index in [0.717, 1.165) is 48.4 Å². The molecule has 0 saturated carbocycles. The Morgan fingerprint density at radius 1 is 1.20 bits per heavy atom. The molecule has 1 fully saturated rings. The van der Waals surface area contributed by atoms with Crippen molar-refractivity contribution in [3.05, 3.63) is 54.6 Å². The Hall–Kier alpha value is -4.08. The summed E-state index contributed by atoms with van der Waals surface area (Å²) in [6.07, 6.45) is 4.54. The molecule has 1 aromatic carbocycles. The predicted octanol–water partition coefficient (Wildman–Crippen LogP) is 4.66. The summed E-state index contributed by atoms with van der Waals surface area (Å²) in [5, 5.41) is 14.4. The summed E-state index contributed by atoms with van der Waals surface area (Å²) < 4.78 is 13.4. The lowest BCUT2D eigenvalue weighted by molar-refractivity contribution is 0.168. The molecule has 0 atom stereocenters. The summed E-state index contributed by atoms with van der Waals surface area (Å²) in [7, 11) is 0. The fourth-order valence-corrected chi connectivity index (χ4v) is 4.47. The van der Waals surface area contributed by atoms with Crippen LogP contribution in [0, 0.1) is 6.92 Å². The molecule has 5 rings (SSSR count). The van der Waals surface area contributed by atoms with Crippen LogP contribution in [0.15, 0.2) is 53.3 Å². The maximum absolute atomic E-state index is 11.6. The van der Waals surface area contributed by atoms with Crippen molar-refractivity contribution in [3.8, 4) is 11.6 Å². The minimum Gasteiger partial charge on any atom is -0.489 e. The number of pyridine rings is 1. The van der Waals surface area contributed by atoms with Crippen molar-refractivity contribution in [2.75, 3.05) is 22.9 Å². The van der Waals surface area contributed by atoms with Crippen LogP contribution in [0.5, 0.6) is 5.75 Å². The molecule has 4 aromatic rings. The number of hydrogen-bond acceptors (Lipinski definition) is 7. The molecule has 10 nitrogen and oxygen atoms in total. The van der Waals surface area contributed by atoms with Crippen LogP contribution in [-0.4, -0.2) is 56.1 Å². The summed E-state index contributed by atoms with van der Waals surface area (Å²) in [5.74, 6) is 2.13. The second-order valence-corrected chi connectivity index (χ2v) is 8.96. The minimum atomic E-state index is -0.966. The van der Waals surface area contributed by atoms with E-state index in [0.29, 0.717) is 17.5 Å². The number of carboxylic acid groups (broad SMARTS) is 1. The van der Waals surface area contributed by atoms with Crippen LogP contribution >= 0.6 is 0 Å². The Labute approximate surface area is 202 Å². The molecule has 0 spiro atoms. The highest BCUT2D eigenvalue weighted by atomic mass is 16.5. The molecule has 0 unspecified atom stereocenters. The first-order valence-corrected chi connectivity index (χ1v) is 11.7. The van der Waals surface area contributed by atoms with Gasteiger partial charge in [-0.15, -0.1) is 0 Å². The lowest BCUT2D eigenvalue weighted by Gasteiger charge is -2.30. The third-order valence-corrected chi connectivity index (χ3v) is 6.17. The van der Waals surface area contributed by atoms with E-state index in [2.05, 4.69) is 20.0 Å². The van der Waals surface area contributed by atoms with E-state index >= 15 is 0 Å². The average Bonchev–Trinajstić information content (AvgIpc) is 3.46. The Balaban J connectivity index is 1.26. The highest BCUT2D eigenvalue weighted by Gasteiger charge is 2.24. The second-order valence-electron chi connectivity index (χ2n) is 8.96. The number of aryl methyl sites for hydroxylation is 1. The topological polar surface area (TPSA) is 110 Å². The highest BCUT2D eigenvalue weighted by molar-refractivity contribution is 5.92. The van der Waals surface area contributed by atoms with Crippen molar-refractivity contribution in [3.63, 3.8) is 0 Å². The van der Waals surface area contributed by atoms with Gasteiger partial charge in [0.25, 0.3) is 0 Å². The van der Waals surface area contributed by atoms with Gasteiger partial charge < -0.3 is 23.8 Å². The van der Waals surface area contributed by atoms with E-state index < -0.39 is 6.09 Å². The van der Waals surface area contributed by atoms with E-state index in [1.54, 1.807) is 6.20 Å². The second kappa shape index (κ2) is 9.28. The number of nitrogens with zero attached hydrogens (tertiary/aromatic N) is 6. The van der Waals surface area contributed by atoms with E-state index in [1.807, 2.05) is 67.9 Å². The number of carbonyl (C=O) groups is 1. The van der Waals surface area contributed by atoms with Crippen LogP contribution in [-0.2, 0) is 0 Å². The molecule has 35 heavy (non-hydrogen) atoms. The van der Waals surface area contributed by atoms with Gasteiger partial charge >= 0.3 is 12.1 Å². The molecule has 4 heterocycles. The number of hydrogen-bond donors (Lipinski definition) is 1. The molecule has 1 N–H and O–H groups in total. The SMILES string of the molecule is Cc1noc(N2CCC(Oc3ccc(-n4ccc5cc(N(C(=O)O)C(C)C)ccc54)nc3)CC2)n1. The van der Waals surface area contributed by atoms with Crippen LogP contribution in [0.2, 0.25) is 0 Å². The predicted molar refractivity (Wildman–Crippen MR) is 132 cm³/mol. The van der Waals surface area contributed by atoms with Crippen LogP contribution in [0.25, 0.3) is 16.7 Å². The quantitative estimate of drug-likeness (QED) is 0.428. The number of anilines is 2. The van der Waals surface area contributed by atoms with Gasteiger partial charge in [-0.25, -0.2) is 9.78 Å². The average molecular weight is 477 g/mol. The lowest BCUT2D eigenvalue weighted by Crippen LogP contribution is -2.38. The van der Waals surface area contributed by atoms with Crippen molar-refractivity contribution in [1.82, 2.24) is 19.7 Å². The zero-order valence-corrected chi connectivity index (χ0v) is 20.0. The number of aromatic nitrogens is 4. The summed E-state index contributed by atoms with van der Waals surface area (Å²) in [4.78, 5) is 24.0. The molecule has 0 aliphatic carbocycles. The molecule has 182 valence electrons. The van der Waals surface area contributed by atoms with Crippen molar-refractivity contribution in [2.24, 2.45) is 0 Å². The molecule has 0 bridgehead atoms. The van der Waals surface area contributed by atoms with Gasteiger partial charge in [0.1, 0.15) is 17.7 Å². The molecule has 1 saturated heterocycles. The number of benzene rings is 1. The van der Waals surface area contributed by atoms with Crippen LogP contribution in [0.1, 0.15) is 32.5 Å². The molecule has 10 heteroatoms. The maximum atomic E-state index is 11.6. The third kappa shape index (κ3) is 4.64. The largest absolute Gasteiger partial charge is 0.489 e. The zero-order chi connectivity index (χ0) is 24.5. The molecular weight excluding hydrogens is 448 g/mol. The smallest absolute Gasteiger partial charge is 0.412 e. The minimum absolute atomic E-state index is 0.104. The van der Waals surface area contributed by atoms with Gasteiger partial charge in [-0.2, -0.15) is 4.98 Å². The van der Waals surface area contributed by atoms with Crippen molar-refractivity contribution in [2.45, 2.75) is 45.8 Å². The standard InChI is InChI=1S/C25H28N6O4/c1-16(2)31(25(32)33)19-4-6-22-18(14-19)8-13-30(22)23-7-5-21(15-26-23)34-20-9-11-29(12-10-20)24-27-17(3)28-35-24/h4-8,13-16,20H,9-12H2,1-3H3,(H,32,33). The van der Waals surface area contributed by atoms with E-state index in [4.69, 9.17) is 9.26 Å². The fourth-order valence-electron chi connectivity index (χ4n) is 4.47. The first-order chi connectivity index (χ1) is 16.9. The summed E-state index contributed by atoms with van der Waals surface area (Å²) in [6.45, 7) is 7.12. The third-order valence-electron chi connectivity index (χ3n) is 6.17. The summed E-state index contributed by atoms with van der Waals surface area (Å²) in [6, 6.07) is 11.9. The van der Waals surface area contributed by atoms with Crippen LogP contribution in [0.3, 0.4) is 0 Å². The number of ether oxygens (including phenoxy) is 1.